The molecule has 9 nitrogen and oxygen atoms in total. The summed E-state index contributed by atoms with van der Waals surface area (Å²) >= 11 is 0. The van der Waals surface area contributed by atoms with E-state index in [1.165, 1.54) is 0 Å². The standard InChI is InChI=1S/C20H19N7O2/c1-13-25-18(27-4-6-28-7-5-27)9-19(26-13)29-17-8-14(10-21)2-3-16(17)15-11-23-20(22)24-12-15/h2-3,8-9,11-12H,4-7H2,1H3,(H2,22,23,24). The van der Waals surface area contributed by atoms with Crippen molar-refractivity contribution in [2.24, 2.45) is 0 Å². The molecule has 0 spiro atoms. The number of morpholine rings is 1. The molecule has 0 saturated carbocycles. The fourth-order valence-corrected chi connectivity index (χ4v) is 3.04. The van der Waals surface area contributed by atoms with Gasteiger partial charge in [-0.2, -0.15) is 10.2 Å². The summed E-state index contributed by atoms with van der Waals surface area (Å²) < 4.78 is 11.5. The van der Waals surface area contributed by atoms with Gasteiger partial charge < -0.3 is 20.1 Å². The van der Waals surface area contributed by atoms with Crippen molar-refractivity contribution < 1.29 is 9.47 Å². The Bertz CT molecular complexity index is 1060. The van der Waals surface area contributed by atoms with Gasteiger partial charge in [-0.3, -0.25) is 0 Å². The maximum Gasteiger partial charge on any atom is 0.224 e. The van der Waals surface area contributed by atoms with E-state index in [-0.39, 0.29) is 5.95 Å². The lowest BCUT2D eigenvalue weighted by Crippen LogP contribution is -2.36. The van der Waals surface area contributed by atoms with E-state index < -0.39 is 0 Å². The zero-order valence-corrected chi connectivity index (χ0v) is 15.9. The first-order valence-electron chi connectivity index (χ1n) is 9.10. The van der Waals surface area contributed by atoms with Crippen LogP contribution in [0.2, 0.25) is 0 Å². The Hall–Kier alpha value is -3.77. The highest BCUT2D eigenvalue weighted by atomic mass is 16.5. The first kappa shape index (κ1) is 18.6. The highest BCUT2D eigenvalue weighted by Gasteiger charge is 2.16. The normalized spacial score (nSPS) is 13.7. The number of nitriles is 1. The van der Waals surface area contributed by atoms with E-state index in [0.717, 1.165) is 30.0 Å². The number of benzene rings is 1. The van der Waals surface area contributed by atoms with Crippen LogP contribution in [0.25, 0.3) is 11.1 Å². The molecule has 3 heterocycles. The van der Waals surface area contributed by atoms with Crippen LogP contribution in [0.4, 0.5) is 11.8 Å². The summed E-state index contributed by atoms with van der Waals surface area (Å²) in [4.78, 5) is 19.1. The fraction of sp³-hybridized carbons (Fsp3) is 0.250. The van der Waals surface area contributed by atoms with E-state index in [2.05, 4.69) is 30.9 Å². The van der Waals surface area contributed by atoms with Gasteiger partial charge in [0.15, 0.2) is 0 Å². The number of hydrogen-bond donors (Lipinski definition) is 1. The molecule has 2 aromatic heterocycles. The number of hydrogen-bond acceptors (Lipinski definition) is 9. The predicted octanol–water partition coefficient (Wildman–Crippen LogP) is 2.32. The molecule has 0 aliphatic carbocycles. The minimum Gasteiger partial charge on any atom is -0.438 e. The summed E-state index contributed by atoms with van der Waals surface area (Å²) in [5.41, 5.74) is 7.51. The quantitative estimate of drug-likeness (QED) is 0.716. The molecule has 0 amide bonds. The molecule has 0 radical (unpaired) electrons. The zero-order valence-electron chi connectivity index (χ0n) is 15.9. The first-order valence-corrected chi connectivity index (χ1v) is 9.10. The lowest BCUT2D eigenvalue weighted by Gasteiger charge is -2.28. The Morgan fingerprint density at radius 3 is 2.62 bits per heavy atom. The number of ether oxygens (including phenoxy) is 2. The average molecular weight is 389 g/mol. The topological polar surface area (TPSA) is 123 Å². The van der Waals surface area contributed by atoms with Crippen molar-refractivity contribution in [3.8, 4) is 28.8 Å². The van der Waals surface area contributed by atoms with E-state index in [0.29, 0.717) is 36.2 Å². The second-order valence-corrected chi connectivity index (χ2v) is 6.47. The summed E-state index contributed by atoms with van der Waals surface area (Å²) in [5, 5.41) is 9.29. The number of nitrogens with two attached hydrogens (primary N) is 1. The molecule has 146 valence electrons. The maximum atomic E-state index is 9.29. The van der Waals surface area contributed by atoms with E-state index in [9.17, 15) is 5.26 Å². The van der Waals surface area contributed by atoms with Gasteiger partial charge >= 0.3 is 0 Å². The van der Waals surface area contributed by atoms with Crippen LogP contribution in [0.5, 0.6) is 11.6 Å². The van der Waals surface area contributed by atoms with Crippen molar-refractivity contribution in [2.45, 2.75) is 6.92 Å². The van der Waals surface area contributed by atoms with Crippen molar-refractivity contribution in [3.63, 3.8) is 0 Å². The molecule has 4 rings (SSSR count). The van der Waals surface area contributed by atoms with Crippen LogP contribution in [-0.4, -0.2) is 46.2 Å². The summed E-state index contributed by atoms with van der Waals surface area (Å²) in [7, 11) is 0. The number of aryl methyl sites for hydroxylation is 1. The van der Waals surface area contributed by atoms with Gasteiger partial charge in [0.2, 0.25) is 11.8 Å². The van der Waals surface area contributed by atoms with Crippen LogP contribution in [-0.2, 0) is 4.74 Å². The highest BCUT2D eigenvalue weighted by molar-refractivity contribution is 5.71. The van der Waals surface area contributed by atoms with Gasteiger partial charge in [-0.15, -0.1) is 0 Å². The summed E-state index contributed by atoms with van der Waals surface area (Å²) in [6.45, 7) is 4.65. The Labute approximate surface area is 167 Å². The number of nitrogen functional groups attached to an aromatic ring is 1. The highest BCUT2D eigenvalue weighted by Crippen LogP contribution is 2.34. The number of anilines is 2. The van der Waals surface area contributed by atoms with Crippen LogP contribution in [0.15, 0.2) is 36.7 Å². The molecule has 9 heteroatoms. The van der Waals surface area contributed by atoms with Crippen LogP contribution in [0.1, 0.15) is 11.4 Å². The van der Waals surface area contributed by atoms with Crippen molar-refractivity contribution in [1.29, 1.82) is 5.26 Å². The van der Waals surface area contributed by atoms with Crippen LogP contribution >= 0.6 is 0 Å². The molecule has 0 unspecified atom stereocenters. The smallest absolute Gasteiger partial charge is 0.224 e. The van der Waals surface area contributed by atoms with E-state index >= 15 is 0 Å². The predicted molar refractivity (Wildman–Crippen MR) is 106 cm³/mol. The minimum atomic E-state index is 0.187. The van der Waals surface area contributed by atoms with Crippen molar-refractivity contribution >= 4 is 11.8 Å². The fourth-order valence-electron chi connectivity index (χ4n) is 3.04. The minimum absolute atomic E-state index is 0.187. The molecule has 29 heavy (non-hydrogen) atoms. The molecular weight excluding hydrogens is 370 g/mol. The molecule has 2 N–H and O–H groups in total. The van der Waals surface area contributed by atoms with Crippen LogP contribution < -0.4 is 15.4 Å². The van der Waals surface area contributed by atoms with Gasteiger partial charge in [0.1, 0.15) is 17.4 Å². The number of nitrogens with zero attached hydrogens (tertiary/aromatic N) is 6. The Balaban J connectivity index is 1.71. The zero-order chi connectivity index (χ0) is 20.2. The maximum absolute atomic E-state index is 9.29. The molecule has 0 bridgehead atoms. The Kier molecular flexibility index (Phi) is 5.18. The SMILES string of the molecule is Cc1nc(Oc2cc(C#N)ccc2-c2cnc(N)nc2)cc(N2CCOCC2)n1. The summed E-state index contributed by atoms with van der Waals surface area (Å²) in [6.07, 6.45) is 3.22. The third kappa shape index (κ3) is 4.23. The molecule has 0 atom stereocenters. The summed E-state index contributed by atoms with van der Waals surface area (Å²) in [6, 6.07) is 9.09. The molecule has 3 aromatic rings. The third-order valence-electron chi connectivity index (χ3n) is 4.44. The van der Waals surface area contributed by atoms with Gasteiger partial charge in [0.25, 0.3) is 0 Å². The van der Waals surface area contributed by atoms with Gasteiger partial charge in [0, 0.05) is 42.7 Å². The molecule has 1 aromatic carbocycles. The monoisotopic (exact) mass is 389 g/mol. The average Bonchev–Trinajstić information content (AvgIpc) is 2.74. The second kappa shape index (κ2) is 8.08. The van der Waals surface area contributed by atoms with E-state index in [1.807, 2.05) is 6.92 Å². The third-order valence-corrected chi connectivity index (χ3v) is 4.44. The summed E-state index contributed by atoms with van der Waals surface area (Å²) in [5.74, 6) is 2.43. The molecular formula is C20H19N7O2. The molecule has 1 aliphatic rings. The first-order chi connectivity index (χ1) is 14.1. The van der Waals surface area contributed by atoms with Crippen molar-refractivity contribution in [2.75, 3.05) is 36.9 Å². The Morgan fingerprint density at radius 2 is 1.90 bits per heavy atom. The van der Waals surface area contributed by atoms with E-state index in [4.69, 9.17) is 15.2 Å². The molecule has 1 aliphatic heterocycles. The largest absolute Gasteiger partial charge is 0.438 e. The van der Waals surface area contributed by atoms with Crippen LogP contribution in [0.3, 0.4) is 0 Å². The van der Waals surface area contributed by atoms with Gasteiger partial charge in [-0.1, -0.05) is 0 Å². The van der Waals surface area contributed by atoms with Crippen LogP contribution in [0, 0.1) is 18.3 Å². The lowest BCUT2D eigenvalue weighted by atomic mass is 10.1. The van der Waals surface area contributed by atoms with Gasteiger partial charge in [-0.25, -0.2) is 15.0 Å². The van der Waals surface area contributed by atoms with Crippen molar-refractivity contribution in [3.05, 3.63) is 48.0 Å². The van der Waals surface area contributed by atoms with E-state index in [1.54, 1.807) is 36.7 Å². The Morgan fingerprint density at radius 1 is 1.14 bits per heavy atom. The van der Waals surface area contributed by atoms with Crippen molar-refractivity contribution in [1.82, 2.24) is 19.9 Å². The molecule has 1 fully saturated rings. The van der Waals surface area contributed by atoms with Gasteiger partial charge in [-0.05, 0) is 25.1 Å². The number of rotatable bonds is 4. The van der Waals surface area contributed by atoms with Gasteiger partial charge in [0.05, 0.1) is 24.8 Å². The number of aromatic nitrogens is 4. The molecule has 1 saturated heterocycles. The second-order valence-electron chi connectivity index (χ2n) is 6.47. The lowest BCUT2D eigenvalue weighted by molar-refractivity contribution is 0.122.